The Bertz CT molecular complexity index is 919. The zero-order chi connectivity index (χ0) is 18.6. The van der Waals surface area contributed by atoms with Gasteiger partial charge in [0.1, 0.15) is 11.6 Å². The van der Waals surface area contributed by atoms with Crippen LogP contribution in [0.15, 0.2) is 47.1 Å². The molecule has 1 amide bonds. The summed E-state index contributed by atoms with van der Waals surface area (Å²) in [6.45, 7) is 4.88. The smallest absolute Gasteiger partial charge is 0.242 e. The number of carbonyl (C=O) groups excluding carboxylic acids is 1. The third-order valence-electron chi connectivity index (χ3n) is 4.74. The van der Waals surface area contributed by atoms with Gasteiger partial charge in [-0.1, -0.05) is 18.2 Å². The molecule has 3 aromatic rings. The van der Waals surface area contributed by atoms with Crippen LogP contribution in [-0.2, 0) is 16.1 Å². The number of benzene rings is 1. The molecule has 0 bridgehead atoms. The Balaban J connectivity index is 1.51. The predicted octanol–water partition coefficient (Wildman–Crippen LogP) is 2.22. The summed E-state index contributed by atoms with van der Waals surface area (Å²) in [7, 11) is 0. The van der Waals surface area contributed by atoms with Crippen LogP contribution in [-0.4, -0.2) is 47.1 Å². The maximum atomic E-state index is 13.0. The van der Waals surface area contributed by atoms with Gasteiger partial charge < -0.3 is 14.5 Å². The molecule has 27 heavy (non-hydrogen) atoms. The molecule has 1 atom stereocenters. The number of rotatable bonds is 5. The molecule has 0 aliphatic carbocycles. The van der Waals surface area contributed by atoms with Crippen molar-refractivity contribution >= 4 is 17.0 Å². The summed E-state index contributed by atoms with van der Waals surface area (Å²) in [5.74, 6) is 0.406. The van der Waals surface area contributed by atoms with Crippen molar-refractivity contribution < 1.29 is 13.9 Å². The number of pyridine rings is 1. The molecule has 7 nitrogen and oxygen atoms in total. The molecule has 0 spiro atoms. The first-order chi connectivity index (χ1) is 13.2. The lowest BCUT2D eigenvalue weighted by molar-refractivity contribution is -0.128. The lowest BCUT2D eigenvalue weighted by Gasteiger charge is -2.33. The maximum Gasteiger partial charge on any atom is 0.242 e. The van der Waals surface area contributed by atoms with E-state index in [1.165, 1.54) is 0 Å². The van der Waals surface area contributed by atoms with Gasteiger partial charge in [-0.2, -0.15) is 0 Å². The second kappa shape index (κ2) is 7.85. The number of para-hydroxylation sites is 1. The molecule has 140 valence electrons. The summed E-state index contributed by atoms with van der Waals surface area (Å²) in [4.78, 5) is 23.8. The minimum absolute atomic E-state index is 0.0936. The summed E-state index contributed by atoms with van der Waals surface area (Å²) in [6, 6.07) is 9.17. The van der Waals surface area contributed by atoms with Crippen LogP contribution >= 0.6 is 0 Å². The Morgan fingerprint density at radius 2 is 2.11 bits per heavy atom. The number of oxazole rings is 1. The van der Waals surface area contributed by atoms with Crippen molar-refractivity contribution in [3.63, 3.8) is 0 Å². The number of amides is 1. The summed E-state index contributed by atoms with van der Waals surface area (Å²) >= 11 is 0. The monoisotopic (exact) mass is 366 g/mol. The van der Waals surface area contributed by atoms with Gasteiger partial charge in [0.2, 0.25) is 11.8 Å². The van der Waals surface area contributed by atoms with E-state index >= 15 is 0 Å². The lowest BCUT2D eigenvalue weighted by atomic mass is 10.1. The first-order valence-corrected chi connectivity index (χ1v) is 9.07. The van der Waals surface area contributed by atoms with E-state index in [0.717, 1.165) is 22.2 Å². The van der Waals surface area contributed by atoms with Gasteiger partial charge in [0.05, 0.1) is 19.8 Å². The average Bonchev–Trinajstić information content (AvgIpc) is 3.13. The third-order valence-corrected chi connectivity index (χ3v) is 4.74. The molecular weight excluding hydrogens is 344 g/mol. The summed E-state index contributed by atoms with van der Waals surface area (Å²) < 4.78 is 11.2. The van der Waals surface area contributed by atoms with E-state index < -0.39 is 6.04 Å². The zero-order valence-corrected chi connectivity index (χ0v) is 15.2. The highest BCUT2D eigenvalue weighted by Gasteiger charge is 2.29. The largest absolute Gasteiger partial charge is 0.439 e. The number of fused-ring (bicyclic) bond motifs is 1. The van der Waals surface area contributed by atoms with Gasteiger partial charge in [-0.15, -0.1) is 0 Å². The van der Waals surface area contributed by atoms with Gasteiger partial charge in [-0.25, -0.2) is 4.98 Å². The molecular formula is C20H22N4O3. The Hall–Kier alpha value is -2.77. The zero-order valence-electron chi connectivity index (χ0n) is 15.2. The van der Waals surface area contributed by atoms with Crippen LogP contribution in [0.1, 0.15) is 23.1 Å². The van der Waals surface area contributed by atoms with Crippen LogP contribution in [0.25, 0.3) is 11.1 Å². The highest BCUT2D eigenvalue weighted by atomic mass is 16.5. The summed E-state index contributed by atoms with van der Waals surface area (Å²) in [6.07, 6.45) is 3.45. The van der Waals surface area contributed by atoms with Crippen molar-refractivity contribution in [2.75, 3.05) is 26.3 Å². The van der Waals surface area contributed by atoms with Crippen molar-refractivity contribution in [3.8, 4) is 0 Å². The van der Waals surface area contributed by atoms with Crippen molar-refractivity contribution in [2.24, 2.45) is 0 Å². The van der Waals surface area contributed by atoms with Gasteiger partial charge in [-0.3, -0.25) is 14.7 Å². The van der Waals surface area contributed by atoms with E-state index in [1.807, 2.05) is 37.3 Å². The minimum Gasteiger partial charge on any atom is -0.439 e. The Morgan fingerprint density at radius 3 is 2.85 bits per heavy atom. The van der Waals surface area contributed by atoms with Gasteiger partial charge in [0, 0.05) is 25.5 Å². The van der Waals surface area contributed by atoms with Crippen molar-refractivity contribution in [3.05, 3.63) is 59.7 Å². The number of hydrogen-bond donors (Lipinski definition) is 1. The standard InChI is InChI=1S/C20H22N4O3/c1-14-4-2-6-16-18(14)23-17(27-16)13-22-20(25)19(15-5-3-7-21-12-15)24-8-10-26-11-9-24/h2-7,12,19H,8-11,13H2,1H3,(H,22,25)/t19-/m1/s1. The first-order valence-electron chi connectivity index (χ1n) is 9.07. The highest BCUT2D eigenvalue weighted by Crippen LogP contribution is 2.22. The molecule has 0 unspecified atom stereocenters. The number of ether oxygens (including phenoxy) is 1. The normalized spacial score (nSPS) is 16.3. The fourth-order valence-electron chi connectivity index (χ4n) is 3.37. The topological polar surface area (TPSA) is 80.5 Å². The lowest BCUT2D eigenvalue weighted by Crippen LogP contribution is -2.45. The van der Waals surface area contributed by atoms with Crippen LogP contribution in [0, 0.1) is 6.92 Å². The van der Waals surface area contributed by atoms with E-state index in [1.54, 1.807) is 12.4 Å². The van der Waals surface area contributed by atoms with Crippen LogP contribution in [0.4, 0.5) is 0 Å². The van der Waals surface area contributed by atoms with Crippen LogP contribution in [0.5, 0.6) is 0 Å². The number of morpholine rings is 1. The molecule has 2 aromatic heterocycles. The number of nitrogens with zero attached hydrogens (tertiary/aromatic N) is 3. The molecule has 1 saturated heterocycles. The minimum atomic E-state index is -0.409. The maximum absolute atomic E-state index is 13.0. The summed E-state index contributed by atoms with van der Waals surface area (Å²) in [5, 5.41) is 2.97. The van der Waals surface area contributed by atoms with Crippen LogP contribution in [0.2, 0.25) is 0 Å². The molecule has 1 aromatic carbocycles. The van der Waals surface area contributed by atoms with Crippen molar-refractivity contribution in [2.45, 2.75) is 19.5 Å². The second-order valence-corrected chi connectivity index (χ2v) is 6.58. The van der Waals surface area contributed by atoms with Crippen molar-refractivity contribution in [1.29, 1.82) is 0 Å². The van der Waals surface area contributed by atoms with Gasteiger partial charge in [0.15, 0.2) is 5.58 Å². The van der Waals surface area contributed by atoms with E-state index in [2.05, 4.69) is 20.2 Å². The molecule has 0 saturated carbocycles. The van der Waals surface area contributed by atoms with E-state index in [0.29, 0.717) is 32.2 Å². The van der Waals surface area contributed by atoms with Crippen molar-refractivity contribution in [1.82, 2.24) is 20.2 Å². The SMILES string of the molecule is Cc1cccc2oc(CNC(=O)[C@@H](c3cccnc3)N3CCOCC3)nc12. The van der Waals surface area contributed by atoms with Gasteiger partial charge in [0.25, 0.3) is 0 Å². The fraction of sp³-hybridized carbons (Fsp3) is 0.350. The number of hydrogen-bond acceptors (Lipinski definition) is 6. The number of aryl methyl sites for hydroxylation is 1. The van der Waals surface area contributed by atoms with Gasteiger partial charge >= 0.3 is 0 Å². The molecule has 7 heteroatoms. The van der Waals surface area contributed by atoms with Crippen LogP contribution in [0.3, 0.4) is 0 Å². The van der Waals surface area contributed by atoms with Gasteiger partial charge in [-0.05, 0) is 30.2 Å². The molecule has 4 rings (SSSR count). The molecule has 1 aliphatic rings. The average molecular weight is 366 g/mol. The predicted molar refractivity (Wildman–Crippen MR) is 100.0 cm³/mol. The first kappa shape index (κ1) is 17.6. The molecule has 1 N–H and O–H groups in total. The summed E-state index contributed by atoms with van der Waals surface area (Å²) in [5.41, 5.74) is 3.48. The number of carbonyl (C=O) groups is 1. The second-order valence-electron chi connectivity index (χ2n) is 6.58. The van der Waals surface area contributed by atoms with E-state index in [-0.39, 0.29) is 12.5 Å². The fourth-order valence-corrected chi connectivity index (χ4v) is 3.37. The third kappa shape index (κ3) is 3.84. The molecule has 0 radical (unpaired) electrons. The Labute approximate surface area is 157 Å². The molecule has 3 heterocycles. The number of nitrogens with one attached hydrogen (secondary N) is 1. The van der Waals surface area contributed by atoms with E-state index in [9.17, 15) is 4.79 Å². The Kier molecular flexibility index (Phi) is 5.13. The number of aromatic nitrogens is 2. The molecule has 1 fully saturated rings. The quantitative estimate of drug-likeness (QED) is 0.746. The molecule has 1 aliphatic heterocycles. The van der Waals surface area contributed by atoms with E-state index in [4.69, 9.17) is 9.15 Å². The highest BCUT2D eigenvalue weighted by molar-refractivity contribution is 5.83. The Morgan fingerprint density at radius 1 is 1.26 bits per heavy atom. The van der Waals surface area contributed by atoms with Crippen LogP contribution < -0.4 is 5.32 Å².